The molecule has 23 heavy (non-hydrogen) atoms. The molecule has 116 valence electrons. The molecule has 0 saturated heterocycles. The first-order valence-corrected chi connectivity index (χ1v) is 7.39. The second-order valence-electron chi connectivity index (χ2n) is 5.30. The molecule has 0 amide bonds. The van der Waals surface area contributed by atoms with Gasteiger partial charge in [0.25, 0.3) is 0 Å². The normalized spacial score (nSPS) is 10.3. The highest BCUT2D eigenvalue weighted by Gasteiger charge is 1.98. The van der Waals surface area contributed by atoms with E-state index in [1.54, 1.807) is 0 Å². The van der Waals surface area contributed by atoms with Crippen molar-refractivity contribution in [3.63, 3.8) is 0 Å². The van der Waals surface area contributed by atoms with Crippen molar-refractivity contribution in [3.05, 3.63) is 78.4 Å². The van der Waals surface area contributed by atoms with Gasteiger partial charge in [0, 0.05) is 22.7 Å². The zero-order valence-corrected chi connectivity index (χ0v) is 12.7. The van der Waals surface area contributed by atoms with Crippen LogP contribution in [-0.2, 0) is 6.61 Å². The summed E-state index contributed by atoms with van der Waals surface area (Å²) >= 11 is 0. The average Bonchev–Trinajstić information content (AvgIpc) is 2.58. The number of rotatable bonds is 5. The Balaban J connectivity index is 1.58. The monoisotopic (exact) mass is 305 g/mol. The molecular weight excluding hydrogens is 286 g/mol. The van der Waals surface area contributed by atoms with Crippen LogP contribution in [0.25, 0.3) is 0 Å². The molecular formula is C19H19N3O. The number of hydrogen-bond donors (Lipinski definition) is 3. The molecule has 0 spiro atoms. The highest BCUT2D eigenvalue weighted by molar-refractivity contribution is 5.61. The van der Waals surface area contributed by atoms with Crippen molar-refractivity contribution < 1.29 is 4.74 Å². The second kappa shape index (κ2) is 6.75. The topological polar surface area (TPSA) is 73.3 Å². The summed E-state index contributed by atoms with van der Waals surface area (Å²) in [5, 5.41) is 3.33. The molecule has 0 atom stereocenters. The Labute approximate surface area is 135 Å². The molecule has 4 heteroatoms. The van der Waals surface area contributed by atoms with E-state index in [0.717, 1.165) is 34.1 Å². The molecule has 0 aliphatic heterocycles. The lowest BCUT2D eigenvalue weighted by atomic mass is 10.2. The van der Waals surface area contributed by atoms with E-state index >= 15 is 0 Å². The van der Waals surface area contributed by atoms with E-state index in [1.807, 2.05) is 72.8 Å². The fraction of sp³-hybridized carbons (Fsp3) is 0.0526. The van der Waals surface area contributed by atoms with Gasteiger partial charge < -0.3 is 21.5 Å². The van der Waals surface area contributed by atoms with Crippen LogP contribution in [0.5, 0.6) is 5.75 Å². The van der Waals surface area contributed by atoms with Crippen LogP contribution in [0.15, 0.2) is 72.8 Å². The fourth-order valence-corrected chi connectivity index (χ4v) is 2.15. The molecule has 0 aliphatic carbocycles. The highest BCUT2D eigenvalue weighted by atomic mass is 16.5. The van der Waals surface area contributed by atoms with E-state index in [-0.39, 0.29) is 0 Å². The van der Waals surface area contributed by atoms with Crippen molar-refractivity contribution in [2.45, 2.75) is 6.61 Å². The summed E-state index contributed by atoms with van der Waals surface area (Å²) in [5.74, 6) is 0.809. The Morgan fingerprint density at radius 1 is 0.652 bits per heavy atom. The lowest BCUT2D eigenvalue weighted by Gasteiger charge is -2.09. The zero-order valence-electron chi connectivity index (χ0n) is 12.7. The van der Waals surface area contributed by atoms with Crippen molar-refractivity contribution >= 4 is 22.7 Å². The van der Waals surface area contributed by atoms with Gasteiger partial charge in [0.2, 0.25) is 0 Å². The molecule has 3 rings (SSSR count). The van der Waals surface area contributed by atoms with E-state index in [9.17, 15) is 0 Å². The van der Waals surface area contributed by atoms with Gasteiger partial charge in [0.1, 0.15) is 12.4 Å². The van der Waals surface area contributed by atoms with Crippen molar-refractivity contribution in [1.82, 2.24) is 0 Å². The Bertz CT molecular complexity index is 750. The van der Waals surface area contributed by atoms with Gasteiger partial charge in [-0.1, -0.05) is 12.1 Å². The molecule has 0 aliphatic rings. The Hall–Kier alpha value is -3.14. The number of nitrogens with two attached hydrogens (primary N) is 2. The minimum absolute atomic E-state index is 0.520. The van der Waals surface area contributed by atoms with Gasteiger partial charge in [-0.3, -0.25) is 0 Å². The van der Waals surface area contributed by atoms with Crippen LogP contribution in [0.2, 0.25) is 0 Å². The summed E-state index contributed by atoms with van der Waals surface area (Å²) in [6, 6.07) is 23.2. The van der Waals surface area contributed by atoms with Gasteiger partial charge >= 0.3 is 0 Å². The fourth-order valence-electron chi connectivity index (χ4n) is 2.15. The van der Waals surface area contributed by atoms with E-state index in [2.05, 4.69) is 5.32 Å². The smallest absolute Gasteiger partial charge is 0.119 e. The third-order valence-corrected chi connectivity index (χ3v) is 3.44. The predicted molar refractivity (Wildman–Crippen MR) is 95.8 cm³/mol. The van der Waals surface area contributed by atoms with Crippen molar-refractivity contribution in [2.24, 2.45) is 0 Å². The number of hydrogen-bond acceptors (Lipinski definition) is 4. The third kappa shape index (κ3) is 4.17. The van der Waals surface area contributed by atoms with Crippen LogP contribution in [0.1, 0.15) is 5.56 Å². The maximum absolute atomic E-state index is 5.73. The maximum Gasteiger partial charge on any atom is 0.119 e. The molecule has 0 aromatic heterocycles. The van der Waals surface area contributed by atoms with E-state index < -0.39 is 0 Å². The van der Waals surface area contributed by atoms with Crippen LogP contribution in [-0.4, -0.2) is 0 Å². The lowest BCUT2D eigenvalue weighted by Crippen LogP contribution is -1.96. The molecule has 3 aromatic carbocycles. The first-order valence-electron chi connectivity index (χ1n) is 7.39. The average molecular weight is 305 g/mol. The quantitative estimate of drug-likeness (QED) is 0.618. The first kappa shape index (κ1) is 14.8. The highest BCUT2D eigenvalue weighted by Crippen LogP contribution is 2.19. The Morgan fingerprint density at radius 2 is 1.13 bits per heavy atom. The van der Waals surface area contributed by atoms with Crippen molar-refractivity contribution in [3.8, 4) is 5.75 Å². The van der Waals surface area contributed by atoms with Gasteiger partial charge in [-0.2, -0.15) is 0 Å². The number of nitrogens with one attached hydrogen (secondary N) is 1. The Morgan fingerprint density at radius 3 is 1.70 bits per heavy atom. The molecule has 0 saturated carbocycles. The van der Waals surface area contributed by atoms with E-state index in [4.69, 9.17) is 16.2 Å². The van der Waals surface area contributed by atoms with Crippen LogP contribution in [0, 0.1) is 0 Å². The number of anilines is 4. The van der Waals surface area contributed by atoms with Crippen LogP contribution < -0.4 is 21.5 Å². The van der Waals surface area contributed by atoms with Gasteiger partial charge in [-0.25, -0.2) is 0 Å². The van der Waals surface area contributed by atoms with Gasteiger partial charge in [-0.05, 0) is 66.2 Å². The number of ether oxygens (including phenoxy) is 1. The van der Waals surface area contributed by atoms with Gasteiger partial charge in [0.05, 0.1) is 0 Å². The van der Waals surface area contributed by atoms with Crippen LogP contribution >= 0.6 is 0 Å². The third-order valence-electron chi connectivity index (χ3n) is 3.44. The number of nitrogen functional groups attached to an aromatic ring is 2. The van der Waals surface area contributed by atoms with Gasteiger partial charge in [0.15, 0.2) is 0 Å². The van der Waals surface area contributed by atoms with E-state index in [1.165, 1.54) is 0 Å². The first-order chi connectivity index (χ1) is 11.2. The molecule has 3 aromatic rings. The summed E-state index contributed by atoms with van der Waals surface area (Å²) in [5.41, 5.74) is 15.9. The predicted octanol–water partition coefficient (Wildman–Crippen LogP) is 4.17. The molecule has 5 N–H and O–H groups in total. The van der Waals surface area contributed by atoms with Crippen molar-refractivity contribution in [2.75, 3.05) is 16.8 Å². The maximum atomic E-state index is 5.73. The molecule has 0 unspecified atom stereocenters. The zero-order chi connectivity index (χ0) is 16.1. The summed E-state index contributed by atoms with van der Waals surface area (Å²) < 4.78 is 5.73. The molecule has 4 nitrogen and oxygen atoms in total. The number of benzene rings is 3. The summed E-state index contributed by atoms with van der Waals surface area (Å²) in [7, 11) is 0. The molecule has 0 radical (unpaired) electrons. The van der Waals surface area contributed by atoms with Crippen LogP contribution in [0.4, 0.5) is 22.7 Å². The summed E-state index contributed by atoms with van der Waals surface area (Å²) in [6.07, 6.45) is 0. The second-order valence-corrected chi connectivity index (χ2v) is 5.30. The summed E-state index contributed by atoms with van der Waals surface area (Å²) in [4.78, 5) is 0. The SMILES string of the molecule is Nc1ccc(Nc2ccc(COc3ccc(N)cc3)cc2)cc1. The Kier molecular flexibility index (Phi) is 4.34. The largest absolute Gasteiger partial charge is 0.489 e. The van der Waals surface area contributed by atoms with E-state index in [0.29, 0.717) is 6.61 Å². The van der Waals surface area contributed by atoms with Gasteiger partial charge in [-0.15, -0.1) is 0 Å². The van der Waals surface area contributed by atoms with Crippen molar-refractivity contribution in [1.29, 1.82) is 0 Å². The molecule has 0 heterocycles. The minimum atomic E-state index is 0.520. The lowest BCUT2D eigenvalue weighted by molar-refractivity contribution is 0.306. The standard InChI is InChI=1S/C19H19N3O/c20-15-3-9-18(10-4-15)22-17-7-1-14(2-8-17)13-23-19-11-5-16(21)6-12-19/h1-12,22H,13,20-21H2. The molecule has 0 fully saturated rings. The minimum Gasteiger partial charge on any atom is -0.489 e. The molecule has 0 bridgehead atoms. The van der Waals surface area contributed by atoms with Crippen LogP contribution in [0.3, 0.4) is 0 Å². The summed E-state index contributed by atoms with van der Waals surface area (Å²) in [6.45, 7) is 0.520.